The van der Waals surface area contributed by atoms with Crippen LogP contribution in [-0.4, -0.2) is 36.9 Å². The third-order valence-electron chi connectivity index (χ3n) is 4.62. The Hall–Kier alpha value is -0.830. The number of hydrogen-bond donors (Lipinski definition) is 0. The standard InChI is InChI=1S/C17H30N2O/c1-4-11-19(12-5-2)15-9-10-16-14(13-15)7-6-8-17(16)18-20-3/h15H,4-13H2,1-3H3/b18-17-. The molecule has 2 aliphatic carbocycles. The molecular formula is C17H30N2O. The maximum absolute atomic E-state index is 5.03. The predicted octanol–water partition coefficient (Wildman–Crippen LogP) is 4.14. The van der Waals surface area contributed by atoms with E-state index in [4.69, 9.17) is 4.84 Å². The van der Waals surface area contributed by atoms with E-state index in [-0.39, 0.29) is 0 Å². The second-order valence-corrected chi connectivity index (χ2v) is 6.09. The van der Waals surface area contributed by atoms with Crippen LogP contribution in [0.15, 0.2) is 16.3 Å². The molecule has 0 bridgehead atoms. The van der Waals surface area contributed by atoms with Crippen LogP contribution < -0.4 is 0 Å². The highest BCUT2D eigenvalue weighted by Crippen LogP contribution is 2.36. The van der Waals surface area contributed by atoms with Crippen molar-refractivity contribution < 1.29 is 4.84 Å². The summed E-state index contributed by atoms with van der Waals surface area (Å²) in [5.74, 6) is 0. The molecule has 0 amide bonds. The Morgan fingerprint density at radius 3 is 2.55 bits per heavy atom. The molecule has 1 unspecified atom stereocenters. The Kier molecular flexibility index (Phi) is 6.08. The molecule has 0 aromatic carbocycles. The SMILES string of the molecule is CCCN(CCC)C1CCC2=C(CCC/C2=N/OC)C1. The summed E-state index contributed by atoms with van der Waals surface area (Å²) in [5.41, 5.74) is 4.42. The lowest BCUT2D eigenvalue weighted by Gasteiger charge is -2.37. The topological polar surface area (TPSA) is 24.8 Å². The predicted molar refractivity (Wildman–Crippen MR) is 85.1 cm³/mol. The molecule has 2 aliphatic rings. The van der Waals surface area contributed by atoms with E-state index in [1.807, 2.05) is 0 Å². The zero-order valence-electron chi connectivity index (χ0n) is 13.5. The van der Waals surface area contributed by atoms with Gasteiger partial charge in [0.25, 0.3) is 0 Å². The van der Waals surface area contributed by atoms with E-state index in [1.165, 1.54) is 69.3 Å². The summed E-state index contributed by atoms with van der Waals surface area (Å²) in [4.78, 5) is 7.74. The Bertz CT molecular complexity index is 367. The van der Waals surface area contributed by atoms with Crippen molar-refractivity contribution in [3.05, 3.63) is 11.1 Å². The molecule has 0 spiro atoms. The molecule has 0 radical (unpaired) electrons. The van der Waals surface area contributed by atoms with Gasteiger partial charge in [0, 0.05) is 6.04 Å². The Labute approximate surface area is 124 Å². The van der Waals surface area contributed by atoms with Crippen molar-refractivity contribution in [1.29, 1.82) is 0 Å². The van der Waals surface area contributed by atoms with E-state index in [9.17, 15) is 0 Å². The normalized spacial score (nSPS) is 25.2. The van der Waals surface area contributed by atoms with Gasteiger partial charge in [-0.2, -0.15) is 0 Å². The quantitative estimate of drug-likeness (QED) is 0.682. The van der Waals surface area contributed by atoms with Crippen LogP contribution >= 0.6 is 0 Å². The molecule has 0 heterocycles. The van der Waals surface area contributed by atoms with Gasteiger partial charge in [-0.25, -0.2) is 0 Å². The van der Waals surface area contributed by atoms with Crippen LogP contribution in [0.5, 0.6) is 0 Å². The van der Waals surface area contributed by atoms with Crippen molar-refractivity contribution in [2.24, 2.45) is 5.16 Å². The second kappa shape index (κ2) is 7.82. The molecule has 0 aromatic heterocycles. The van der Waals surface area contributed by atoms with E-state index in [2.05, 4.69) is 23.9 Å². The van der Waals surface area contributed by atoms with Gasteiger partial charge in [-0.05, 0) is 70.0 Å². The molecule has 0 aliphatic heterocycles. The number of hydrogen-bond acceptors (Lipinski definition) is 3. The summed E-state index contributed by atoms with van der Waals surface area (Å²) in [6.07, 6.45) is 9.91. The summed E-state index contributed by atoms with van der Waals surface area (Å²) in [5, 5.41) is 4.26. The molecule has 114 valence electrons. The molecule has 3 heteroatoms. The Balaban J connectivity index is 2.08. The first kappa shape index (κ1) is 15.6. The first-order valence-corrected chi connectivity index (χ1v) is 8.35. The first-order valence-electron chi connectivity index (χ1n) is 8.35. The summed E-state index contributed by atoms with van der Waals surface area (Å²) in [6.45, 7) is 7.08. The van der Waals surface area contributed by atoms with Crippen LogP contribution in [-0.2, 0) is 4.84 Å². The van der Waals surface area contributed by atoms with Gasteiger partial charge >= 0.3 is 0 Å². The first-order chi connectivity index (χ1) is 9.80. The van der Waals surface area contributed by atoms with E-state index in [0.29, 0.717) is 0 Å². The van der Waals surface area contributed by atoms with Gasteiger partial charge in [-0.1, -0.05) is 24.6 Å². The molecule has 2 rings (SSSR count). The molecule has 0 N–H and O–H groups in total. The highest BCUT2D eigenvalue weighted by Gasteiger charge is 2.29. The lowest BCUT2D eigenvalue weighted by Crippen LogP contribution is -2.39. The molecule has 20 heavy (non-hydrogen) atoms. The van der Waals surface area contributed by atoms with Crippen LogP contribution in [0.2, 0.25) is 0 Å². The minimum Gasteiger partial charge on any atom is -0.399 e. The second-order valence-electron chi connectivity index (χ2n) is 6.09. The van der Waals surface area contributed by atoms with E-state index in [0.717, 1.165) is 12.5 Å². The highest BCUT2D eigenvalue weighted by molar-refractivity contribution is 6.01. The Morgan fingerprint density at radius 1 is 1.15 bits per heavy atom. The summed E-state index contributed by atoms with van der Waals surface area (Å²) in [6, 6.07) is 0.760. The maximum atomic E-state index is 5.03. The van der Waals surface area contributed by atoms with E-state index < -0.39 is 0 Å². The molecule has 0 saturated heterocycles. The zero-order valence-corrected chi connectivity index (χ0v) is 13.5. The highest BCUT2D eigenvalue weighted by atomic mass is 16.6. The van der Waals surface area contributed by atoms with Crippen molar-refractivity contribution >= 4 is 5.71 Å². The largest absolute Gasteiger partial charge is 0.399 e. The van der Waals surface area contributed by atoms with E-state index in [1.54, 1.807) is 12.7 Å². The summed E-state index contributed by atoms with van der Waals surface area (Å²) < 4.78 is 0. The van der Waals surface area contributed by atoms with Crippen molar-refractivity contribution in [2.45, 2.75) is 71.3 Å². The fourth-order valence-corrected chi connectivity index (χ4v) is 3.79. The molecular weight excluding hydrogens is 248 g/mol. The van der Waals surface area contributed by atoms with Crippen LogP contribution in [0.3, 0.4) is 0 Å². The van der Waals surface area contributed by atoms with Crippen LogP contribution in [0.4, 0.5) is 0 Å². The van der Waals surface area contributed by atoms with Crippen LogP contribution in [0.25, 0.3) is 0 Å². The van der Waals surface area contributed by atoms with Gasteiger partial charge in [0.2, 0.25) is 0 Å². The van der Waals surface area contributed by atoms with Crippen LogP contribution in [0, 0.1) is 0 Å². The third kappa shape index (κ3) is 3.63. The smallest absolute Gasteiger partial charge is 0.106 e. The van der Waals surface area contributed by atoms with Gasteiger partial charge in [0.15, 0.2) is 0 Å². The van der Waals surface area contributed by atoms with Crippen molar-refractivity contribution in [3.63, 3.8) is 0 Å². The van der Waals surface area contributed by atoms with E-state index >= 15 is 0 Å². The lowest BCUT2D eigenvalue weighted by molar-refractivity contribution is 0.178. The van der Waals surface area contributed by atoms with Crippen molar-refractivity contribution in [2.75, 3.05) is 20.2 Å². The third-order valence-corrected chi connectivity index (χ3v) is 4.62. The van der Waals surface area contributed by atoms with Gasteiger partial charge in [-0.15, -0.1) is 0 Å². The fraction of sp³-hybridized carbons (Fsp3) is 0.824. The molecule has 0 aromatic rings. The number of oxime groups is 1. The average Bonchev–Trinajstić information content (AvgIpc) is 2.47. The zero-order chi connectivity index (χ0) is 14.4. The van der Waals surface area contributed by atoms with Gasteiger partial charge in [0.05, 0.1) is 5.71 Å². The average molecular weight is 278 g/mol. The van der Waals surface area contributed by atoms with Crippen molar-refractivity contribution in [1.82, 2.24) is 4.90 Å². The van der Waals surface area contributed by atoms with Crippen molar-refractivity contribution in [3.8, 4) is 0 Å². The van der Waals surface area contributed by atoms with Gasteiger partial charge < -0.3 is 9.74 Å². The molecule has 1 atom stereocenters. The monoisotopic (exact) mass is 278 g/mol. The Morgan fingerprint density at radius 2 is 1.90 bits per heavy atom. The minimum atomic E-state index is 0.760. The molecule has 0 fully saturated rings. The summed E-state index contributed by atoms with van der Waals surface area (Å²) >= 11 is 0. The number of rotatable bonds is 6. The lowest BCUT2D eigenvalue weighted by atomic mass is 9.78. The molecule has 0 saturated carbocycles. The molecule has 3 nitrogen and oxygen atoms in total. The number of allylic oxidation sites excluding steroid dienone is 1. The van der Waals surface area contributed by atoms with Gasteiger partial charge in [0.1, 0.15) is 7.11 Å². The van der Waals surface area contributed by atoms with Gasteiger partial charge in [-0.3, -0.25) is 0 Å². The maximum Gasteiger partial charge on any atom is 0.106 e. The van der Waals surface area contributed by atoms with Crippen LogP contribution in [0.1, 0.15) is 65.2 Å². The number of nitrogens with zero attached hydrogens (tertiary/aromatic N) is 2. The summed E-state index contributed by atoms with van der Waals surface area (Å²) in [7, 11) is 1.66. The fourth-order valence-electron chi connectivity index (χ4n) is 3.79. The minimum absolute atomic E-state index is 0.760.